The van der Waals surface area contributed by atoms with Gasteiger partial charge in [0.05, 0.1) is 10.7 Å². The SMILES string of the molecule is CCCC(=O)Cn1nnnc1SC(=O)CCc1cc(C)ccc1OC(C(C)=O)C(=O)Nc1cc(C)ccc1Cl. The fourth-order valence-corrected chi connectivity index (χ4v) is 4.54. The Morgan fingerprint density at radius 2 is 1.79 bits per heavy atom. The van der Waals surface area contributed by atoms with Crippen molar-refractivity contribution in [3.05, 3.63) is 58.1 Å². The Balaban J connectivity index is 1.69. The van der Waals surface area contributed by atoms with Gasteiger partial charge in [-0.1, -0.05) is 42.3 Å². The molecular formula is C27H30ClN5O5S. The van der Waals surface area contributed by atoms with E-state index in [-0.39, 0.29) is 35.4 Å². The van der Waals surface area contributed by atoms with E-state index >= 15 is 0 Å². The summed E-state index contributed by atoms with van der Waals surface area (Å²) in [6.45, 7) is 6.93. The molecule has 0 bridgehead atoms. The smallest absolute Gasteiger partial charge is 0.273 e. The monoisotopic (exact) mass is 571 g/mol. The number of hydrogen-bond donors (Lipinski definition) is 1. The molecule has 0 saturated heterocycles. The van der Waals surface area contributed by atoms with Crippen molar-refractivity contribution in [2.45, 2.75) is 71.2 Å². The van der Waals surface area contributed by atoms with Gasteiger partial charge in [-0.2, -0.15) is 0 Å². The van der Waals surface area contributed by atoms with E-state index in [9.17, 15) is 19.2 Å². The van der Waals surface area contributed by atoms with E-state index in [1.807, 2.05) is 32.9 Å². The minimum absolute atomic E-state index is 0.00851. The summed E-state index contributed by atoms with van der Waals surface area (Å²) >= 11 is 7.05. The first-order valence-electron chi connectivity index (χ1n) is 12.4. The number of ketones is 2. The number of halogens is 1. The lowest BCUT2D eigenvalue weighted by atomic mass is 10.1. The van der Waals surface area contributed by atoms with Gasteiger partial charge in [0, 0.05) is 12.8 Å². The molecule has 3 aromatic rings. The topological polar surface area (TPSA) is 133 Å². The fourth-order valence-electron chi connectivity index (χ4n) is 3.68. The van der Waals surface area contributed by atoms with Crippen LogP contribution >= 0.6 is 23.4 Å². The van der Waals surface area contributed by atoms with Crippen molar-refractivity contribution in [2.24, 2.45) is 0 Å². The third kappa shape index (κ3) is 8.72. The van der Waals surface area contributed by atoms with E-state index in [2.05, 4.69) is 20.8 Å². The normalized spacial score (nSPS) is 11.6. The largest absolute Gasteiger partial charge is 0.472 e. The van der Waals surface area contributed by atoms with Crippen LogP contribution in [0.5, 0.6) is 5.75 Å². The number of nitrogens with one attached hydrogen (secondary N) is 1. The number of tetrazole rings is 1. The van der Waals surface area contributed by atoms with Gasteiger partial charge in [0.25, 0.3) is 5.91 Å². The second kappa shape index (κ2) is 14.0. The van der Waals surface area contributed by atoms with Gasteiger partial charge in [0.2, 0.25) is 11.3 Å². The number of benzene rings is 2. The number of ether oxygens (including phenoxy) is 1. The third-order valence-electron chi connectivity index (χ3n) is 5.61. The molecule has 1 amide bonds. The molecule has 1 unspecified atom stereocenters. The second-order valence-corrected chi connectivity index (χ2v) is 10.5. The first kappa shape index (κ1) is 30.0. The van der Waals surface area contributed by atoms with Crippen LogP contribution in [-0.4, -0.2) is 48.9 Å². The van der Waals surface area contributed by atoms with Crippen molar-refractivity contribution in [1.29, 1.82) is 0 Å². The number of aryl methyl sites for hydroxylation is 3. The average molecular weight is 572 g/mol. The van der Waals surface area contributed by atoms with Gasteiger partial charge in [-0.25, -0.2) is 4.68 Å². The number of carbonyl (C=O) groups excluding carboxylic acids is 4. The molecule has 206 valence electrons. The zero-order valence-electron chi connectivity index (χ0n) is 22.2. The quantitative estimate of drug-likeness (QED) is 0.232. The molecule has 0 radical (unpaired) electrons. The zero-order chi connectivity index (χ0) is 28.5. The standard InChI is InChI=1S/C27H30ClN5O5S/c1-5-6-20(35)15-33-27(30-31-32-33)39-24(36)12-9-19-13-16(2)8-11-23(19)38-25(18(4)34)26(37)29-22-14-17(3)7-10-21(22)28/h7-8,10-11,13-14,25H,5-6,9,12,15H2,1-4H3,(H,29,37). The Bertz CT molecular complexity index is 1380. The van der Waals surface area contributed by atoms with E-state index in [4.69, 9.17) is 16.3 Å². The molecule has 10 nitrogen and oxygen atoms in total. The van der Waals surface area contributed by atoms with E-state index < -0.39 is 17.8 Å². The van der Waals surface area contributed by atoms with Gasteiger partial charge in [-0.15, -0.1) is 5.10 Å². The summed E-state index contributed by atoms with van der Waals surface area (Å²) < 4.78 is 7.21. The molecule has 0 aliphatic rings. The minimum Gasteiger partial charge on any atom is -0.472 e. The van der Waals surface area contributed by atoms with Gasteiger partial charge < -0.3 is 10.1 Å². The number of thioether (sulfide) groups is 1. The maximum atomic E-state index is 13.0. The Morgan fingerprint density at radius 1 is 1.08 bits per heavy atom. The van der Waals surface area contributed by atoms with Crippen LogP contribution in [0.1, 0.15) is 49.8 Å². The molecule has 1 N–H and O–H groups in total. The summed E-state index contributed by atoms with van der Waals surface area (Å²) in [4.78, 5) is 50.1. The van der Waals surface area contributed by atoms with Gasteiger partial charge >= 0.3 is 0 Å². The number of rotatable bonds is 13. The number of carbonyl (C=O) groups is 4. The van der Waals surface area contributed by atoms with Crippen LogP contribution in [0.2, 0.25) is 5.02 Å². The van der Waals surface area contributed by atoms with Gasteiger partial charge in [-0.05, 0) is 85.1 Å². The number of aromatic nitrogens is 4. The van der Waals surface area contributed by atoms with Crippen LogP contribution in [0.3, 0.4) is 0 Å². The summed E-state index contributed by atoms with van der Waals surface area (Å²) in [5, 5.41) is 14.3. The first-order valence-corrected chi connectivity index (χ1v) is 13.6. The molecule has 3 rings (SSSR count). The Morgan fingerprint density at radius 3 is 2.51 bits per heavy atom. The van der Waals surface area contributed by atoms with Crippen molar-refractivity contribution in [3.8, 4) is 5.75 Å². The number of nitrogens with zero attached hydrogens (tertiary/aromatic N) is 4. The van der Waals surface area contributed by atoms with E-state index in [0.717, 1.165) is 29.3 Å². The van der Waals surface area contributed by atoms with Gasteiger partial charge in [0.1, 0.15) is 12.3 Å². The predicted molar refractivity (Wildman–Crippen MR) is 148 cm³/mol. The second-order valence-electron chi connectivity index (χ2n) is 9.07. The minimum atomic E-state index is -1.42. The molecular weight excluding hydrogens is 542 g/mol. The van der Waals surface area contributed by atoms with Gasteiger partial charge in [-0.3, -0.25) is 19.2 Å². The van der Waals surface area contributed by atoms with E-state index in [1.165, 1.54) is 11.6 Å². The van der Waals surface area contributed by atoms with Crippen molar-refractivity contribution >= 4 is 51.6 Å². The highest BCUT2D eigenvalue weighted by molar-refractivity contribution is 8.13. The van der Waals surface area contributed by atoms with Crippen LogP contribution in [0.15, 0.2) is 41.6 Å². The van der Waals surface area contributed by atoms with Crippen LogP contribution in [-0.2, 0) is 32.1 Å². The fraction of sp³-hybridized carbons (Fsp3) is 0.370. The molecule has 1 atom stereocenters. The van der Waals surface area contributed by atoms with Crippen LogP contribution in [0.25, 0.3) is 0 Å². The zero-order valence-corrected chi connectivity index (χ0v) is 23.8. The number of anilines is 1. The molecule has 0 saturated carbocycles. The first-order chi connectivity index (χ1) is 18.6. The molecule has 1 heterocycles. The highest BCUT2D eigenvalue weighted by atomic mass is 35.5. The summed E-state index contributed by atoms with van der Waals surface area (Å²) in [7, 11) is 0. The van der Waals surface area contributed by atoms with Crippen LogP contribution < -0.4 is 10.1 Å². The number of Topliss-reactive ketones (excluding diaryl/α,β-unsaturated/α-hetero) is 2. The lowest BCUT2D eigenvalue weighted by molar-refractivity contribution is -0.133. The average Bonchev–Trinajstić information content (AvgIpc) is 3.30. The Labute approximate surface area is 235 Å². The molecule has 12 heteroatoms. The predicted octanol–water partition coefficient (Wildman–Crippen LogP) is 4.54. The van der Waals surface area contributed by atoms with Crippen molar-refractivity contribution in [2.75, 3.05) is 5.32 Å². The number of hydrogen-bond acceptors (Lipinski definition) is 9. The summed E-state index contributed by atoms with van der Waals surface area (Å²) in [5.74, 6) is -0.843. The summed E-state index contributed by atoms with van der Waals surface area (Å²) in [5.41, 5.74) is 2.85. The van der Waals surface area contributed by atoms with E-state index in [1.54, 1.807) is 24.3 Å². The molecule has 0 fully saturated rings. The maximum absolute atomic E-state index is 13.0. The van der Waals surface area contributed by atoms with Crippen LogP contribution in [0.4, 0.5) is 5.69 Å². The molecule has 1 aromatic heterocycles. The van der Waals surface area contributed by atoms with E-state index in [0.29, 0.717) is 28.4 Å². The molecule has 2 aromatic carbocycles. The Hall–Kier alpha value is -3.57. The molecule has 39 heavy (non-hydrogen) atoms. The summed E-state index contributed by atoms with van der Waals surface area (Å²) in [6, 6.07) is 10.5. The Kier molecular flexibility index (Phi) is 10.8. The van der Waals surface area contributed by atoms with Crippen LogP contribution in [0, 0.1) is 13.8 Å². The highest BCUT2D eigenvalue weighted by Gasteiger charge is 2.27. The van der Waals surface area contributed by atoms with Crippen molar-refractivity contribution in [1.82, 2.24) is 20.2 Å². The lowest BCUT2D eigenvalue weighted by Gasteiger charge is -2.19. The lowest BCUT2D eigenvalue weighted by Crippen LogP contribution is -2.39. The molecule has 0 spiro atoms. The van der Waals surface area contributed by atoms with Gasteiger partial charge in [0.15, 0.2) is 16.7 Å². The molecule has 0 aliphatic carbocycles. The number of amides is 1. The third-order valence-corrected chi connectivity index (χ3v) is 6.84. The summed E-state index contributed by atoms with van der Waals surface area (Å²) in [6.07, 6.45) is 0.101. The highest BCUT2D eigenvalue weighted by Crippen LogP contribution is 2.27. The molecule has 0 aliphatic heterocycles. The van der Waals surface area contributed by atoms with Crippen molar-refractivity contribution in [3.63, 3.8) is 0 Å². The maximum Gasteiger partial charge on any atom is 0.273 e. The van der Waals surface area contributed by atoms with Crippen molar-refractivity contribution < 1.29 is 23.9 Å².